The van der Waals surface area contributed by atoms with Crippen LogP contribution in [0.5, 0.6) is 0 Å². The van der Waals surface area contributed by atoms with Crippen LogP contribution < -0.4 is 0 Å². The average Bonchev–Trinajstić information content (AvgIpc) is 2.96. The van der Waals surface area contributed by atoms with Crippen molar-refractivity contribution < 1.29 is 10.1 Å². The van der Waals surface area contributed by atoms with E-state index in [0.717, 1.165) is 30.1 Å². The van der Waals surface area contributed by atoms with Crippen LogP contribution in [0.3, 0.4) is 0 Å². The molecule has 0 aromatic rings. The van der Waals surface area contributed by atoms with Gasteiger partial charge < -0.3 is 0 Å². The highest BCUT2D eigenvalue weighted by atomic mass is 17.1. The molecule has 4 saturated carbocycles. The molecule has 2 nitrogen and oxygen atoms in total. The summed E-state index contributed by atoms with van der Waals surface area (Å²) in [6.07, 6.45) is 18.5. The fourth-order valence-electron chi connectivity index (χ4n) is 8.74. The van der Waals surface area contributed by atoms with Gasteiger partial charge in [0, 0.05) is 0 Å². The van der Waals surface area contributed by atoms with Crippen molar-refractivity contribution >= 4 is 0 Å². The molecule has 0 heterocycles. The first-order valence-corrected chi connectivity index (χ1v) is 11.7. The Hall–Kier alpha value is -0.0800. The van der Waals surface area contributed by atoms with E-state index in [1.807, 2.05) is 0 Å². The van der Waals surface area contributed by atoms with Crippen LogP contribution in [-0.4, -0.2) is 11.9 Å². The van der Waals surface area contributed by atoms with Crippen molar-refractivity contribution in [2.75, 3.05) is 6.61 Å². The van der Waals surface area contributed by atoms with Gasteiger partial charge in [0.2, 0.25) is 0 Å². The molecule has 4 fully saturated rings. The number of rotatable bonds is 5. The molecule has 0 bridgehead atoms. The smallest absolute Gasteiger partial charge is 0.0819 e. The standard InChI is InChI=1S/C24H42O2/c1-22-13-5-6-14-24(22,3)21-12-16-23(2)18(8-4-7-17-26-25)9-10-20(23)19(21)11-15-22/h18-21,25H,4-17H2,1-3H3/t18?,19?,20?,21?,22-,23?,24?/m0/s1. The monoisotopic (exact) mass is 362 g/mol. The zero-order chi connectivity index (χ0) is 18.4. The van der Waals surface area contributed by atoms with Crippen LogP contribution in [-0.2, 0) is 4.89 Å². The molecular weight excluding hydrogens is 320 g/mol. The summed E-state index contributed by atoms with van der Waals surface area (Å²) in [5, 5.41) is 8.57. The summed E-state index contributed by atoms with van der Waals surface area (Å²) in [4.78, 5) is 4.28. The predicted molar refractivity (Wildman–Crippen MR) is 107 cm³/mol. The van der Waals surface area contributed by atoms with Crippen molar-refractivity contribution in [3.63, 3.8) is 0 Å². The lowest BCUT2D eigenvalue weighted by Crippen LogP contribution is -2.56. The molecule has 26 heavy (non-hydrogen) atoms. The lowest BCUT2D eigenvalue weighted by molar-refractivity contribution is -0.242. The second-order valence-corrected chi connectivity index (χ2v) is 11.2. The third-order valence-corrected chi connectivity index (χ3v) is 10.6. The summed E-state index contributed by atoms with van der Waals surface area (Å²) in [5.41, 5.74) is 1.84. The second kappa shape index (κ2) is 7.07. The molecule has 7 atom stereocenters. The fourth-order valence-corrected chi connectivity index (χ4v) is 8.74. The van der Waals surface area contributed by atoms with Gasteiger partial charge in [0.1, 0.15) is 0 Å². The minimum absolute atomic E-state index is 0.508. The third-order valence-electron chi connectivity index (χ3n) is 10.6. The van der Waals surface area contributed by atoms with E-state index in [9.17, 15) is 0 Å². The Morgan fingerprint density at radius 1 is 0.846 bits per heavy atom. The average molecular weight is 363 g/mol. The van der Waals surface area contributed by atoms with Gasteiger partial charge in [-0.2, -0.15) is 0 Å². The van der Waals surface area contributed by atoms with Crippen molar-refractivity contribution in [1.29, 1.82) is 0 Å². The van der Waals surface area contributed by atoms with Gasteiger partial charge in [0.15, 0.2) is 0 Å². The normalized spacial score (nSPS) is 50.8. The fraction of sp³-hybridized carbons (Fsp3) is 1.00. The zero-order valence-corrected chi connectivity index (χ0v) is 17.6. The number of fused-ring (bicyclic) bond motifs is 5. The molecule has 0 spiro atoms. The van der Waals surface area contributed by atoms with Crippen molar-refractivity contribution in [3.8, 4) is 0 Å². The van der Waals surface area contributed by atoms with Gasteiger partial charge >= 0.3 is 0 Å². The lowest BCUT2D eigenvalue weighted by atomic mass is 9.40. The maximum atomic E-state index is 8.57. The molecule has 0 radical (unpaired) electrons. The van der Waals surface area contributed by atoms with Gasteiger partial charge in [-0.05, 0) is 104 Å². The first kappa shape index (κ1) is 19.2. The molecule has 1 N–H and O–H groups in total. The number of hydrogen-bond acceptors (Lipinski definition) is 2. The van der Waals surface area contributed by atoms with Crippen LogP contribution in [0.2, 0.25) is 0 Å². The van der Waals surface area contributed by atoms with Crippen molar-refractivity contribution in [3.05, 3.63) is 0 Å². The predicted octanol–water partition coefficient (Wildman–Crippen LogP) is 7.09. The van der Waals surface area contributed by atoms with Gasteiger partial charge in [0.25, 0.3) is 0 Å². The Kier molecular flexibility index (Phi) is 5.23. The molecule has 0 amide bonds. The van der Waals surface area contributed by atoms with Gasteiger partial charge in [-0.25, -0.2) is 4.89 Å². The summed E-state index contributed by atoms with van der Waals surface area (Å²) in [6, 6.07) is 0. The maximum absolute atomic E-state index is 8.57. The Balaban J connectivity index is 1.49. The van der Waals surface area contributed by atoms with Crippen LogP contribution in [0.15, 0.2) is 0 Å². The molecule has 4 rings (SSSR count). The summed E-state index contributed by atoms with van der Waals surface area (Å²) < 4.78 is 0. The van der Waals surface area contributed by atoms with E-state index in [1.165, 1.54) is 77.0 Å². The van der Waals surface area contributed by atoms with E-state index >= 15 is 0 Å². The van der Waals surface area contributed by atoms with E-state index in [2.05, 4.69) is 25.7 Å². The largest absolute Gasteiger partial charge is 0.252 e. The first-order valence-electron chi connectivity index (χ1n) is 11.7. The Bertz CT molecular complexity index is 504. The Morgan fingerprint density at radius 2 is 1.65 bits per heavy atom. The molecule has 0 saturated heterocycles. The summed E-state index contributed by atoms with van der Waals surface area (Å²) >= 11 is 0. The molecule has 4 aliphatic carbocycles. The van der Waals surface area contributed by atoms with E-state index in [0.29, 0.717) is 22.9 Å². The highest BCUT2D eigenvalue weighted by Gasteiger charge is 2.62. The van der Waals surface area contributed by atoms with Crippen molar-refractivity contribution in [2.24, 2.45) is 39.9 Å². The van der Waals surface area contributed by atoms with E-state index in [1.54, 1.807) is 0 Å². The van der Waals surface area contributed by atoms with Crippen LogP contribution in [0.25, 0.3) is 0 Å². The van der Waals surface area contributed by atoms with Crippen molar-refractivity contribution in [1.82, 2.24) is 0 Å². The molecule has 0 aliphatic heterocycles. The Morgan fingerprint density at radius 3 is 2.46 bits per heavy atom. The van der Waals surface area contributed by atoms with Gasteiger partial charge in [0.05, 0.1) is 6.61 Å². The molecule has 2 heteroatoms. The van der Waals surface area contributed by atoms with E-state index in [4.69, 9.17) is 5.26 Å². The zero-order valence-electron chi connectivity index (χ0n) is 17.6. The van der Waals surface area contributed by atoms with E-state index in [-0.39, 0.29) is 0 Å². The van der Waals surface area contributed by atoms with Crippen LogP contribution in [0, 0.1) is 39.9 Å². The second-order valence-electron chi connectivity index (χ2n) is 11.2. The minimum Gasteiger partial charge on any atom is -0.252 e. The van der Waals surface area contributed by atoms with E-state index < -0.39 is 0 Å². The topological polar surface area (TPSA) is 29.5 Å². The van der Waals surface area contributed by atoms with Crippen LogP contribution in [0.4, 0.5) is 0 Å². The molecule has 4 aliphatic rings. The quantitative estimate of drug-likeness (QED) is 0.321. The SMILES string of the molecule is CC12CCC3C(CC[C@]4(C)CCCCC34C)C1CCC2CCCCOO. The molecule has 6 unspecified atom stereocenters. The van der Waals surface area contributed by atoms with Crippen molar-refractivity contribution in [2.45, 2.75) is 104 Å². The number of unbranched alkanes of at least 4 members (excludes halogenated alkanes) is 1. The molecule has 0 aromatic heterocycles. The van der Waals surface area contributed by atoms with Crippen LogP contribution >= 0.6 is 0 Å². The highest BCUT2D eigenvalue weighted by Crippen LogP contribution is 2.70. The lowest BCUT2D eigenvalue weighted by Gasteiger charge is -2.64. The third kappa shape index (κ3) is 2.81. The molecule has 0 aromatic carbocycles. The molecule has 150 valence electrons. The van der Waals surface area contributed by atoms with Crippen LogP contribution in [0.1, 0.15) is 104 Å². The Labute approximate surface area is 161 Å². The highest BCUT2D eigenvalue weighted by molar-refractivity contribution is 5.11. The summed E-state index contributed by atoms with van der Waals surface area (Å²) in [6.45, 7) is 8.52. The van der Waals surface area contributed by atoms with Gasteiger partial charge in [-0.15, -0.1) is 0 Å². The summed E-state index contributed by atoms with van der Waals surface area (Å²) in [7, 11) is 0. The minimum atomic E-state index is 0.508. The molecular formula is C24H42O2. The number of hydrogen-bond donors (Lipinski definition) is 1. The summed E-state index contributed by atoms with van der Waals surface area (Å²) in [5.74, 6) is 3.92. The van der Waals surface area contributed by atoms with Gasteiger partial charge in [-0.3, -0.25) is 5.26 Å². The first-order chi connectivity index (χ1) is 12.4. The maximum Gasteiger partial charge on any atom is 0.0819 e. The van der Waals surface area contributed by atoms with Gasteiger partial charge in [-0.1, -0.05) is 40.0 Å².